The first kappa shape index (κ1) is 13.2. The van der Waals surface area contributed by atoms with Crippen LogP contribution < -0.4 is 15.0 Å². The van der Waals surface area contributed by atoms with Crippen LogP contribution in [0.1, 0.15) is 12.8 Å². The predicted octanol–water partition coefficient (Wildman–Crippen LogP) is 1.25. The SMILES string of the molecule is COc1ccccc1N1CCCNC(CCO)C1. The first-order valence-corrected chi connectivity index (χ1v) is 6.57. The molecule has 0 saturated carbocycles. The smallest absolute Gasteiger partial charge is 0.142 e. The van der Waals surface area contributed by atoms with Crippen LogP contribution in [-0.4, -0.2) is 44.5 Å². The molecule has 0 radical (unpaired) electrons. The molecule has 4 heteroatoms. The summed E-state index contributed by atoms with van der Waals surface area (Å²) in [6, 6.07) is 8.47. The van der Waals surface area contributed by atoms with Crippen molar-refractivity contribution in [2.75, 3.05) is 38.3 Å². The van der Waals surface area contributed by atoms with E-state index in [0.717, 1.165) is 43.9 Å². The molecule has 1 heterocycles. The normalized spacial score (nSPS) is 20.6. The topological polar surface area (TPSA) is 44.7 Å². The lowest BCUT2D eigenvalue weighted by Gasteiger charge is -2.27. The number of nitrogens with zero attached hydrogens (tertiary/aromatic N) is 1. The highest BCUT2D eigenvalue weighted by atomic mass is 16.5. The monoisotopic (exact) mass is 250 g/mol. The van der Waals surface area contributed by atoms with Gasteiger partial charge in [-0.15, -0.1) is 0 Å². The second-order valence-corrected chi connectivity index (χ2v) is 4.63. The largest absolute Gasteiger partial charge is 0.495 e. The molecule has 1 aromatic rings. The summed E-state index contributed by atoms with van der Waals surface area (Å²) in [5.74, 6) is 0.919. The molecule has 1 aromatic carbocycles. The van der Waals surface area contributed by atoms with E-state index in [0.29, 0.717) is 6.04 Å². The van der Waals surface area contributed by atoms with E-state index >= 15 is 0 Å². The molecule has 0 amide bonds. The van der Waals surface area contributed by atoms with Crippen molar-refractivity contribution < 1.29 is 9.84 Å². The number of anilines is 1. The molecule has 4 nitrogen and oxygen atoms in total. The lowest BCUT2D eigenvalue weighted by Crippen LogP contribution is -2.38. The molecule has 1 unspecified atom stereocenters. The van der Waals surface area contributed by atoms with Crippen LogP contribution in [0.15, 0.2) is 24.3 Å². The van der Waals surface area contributed by atoms with Crippen molar-refractivity contribution in [1.82, 2.24) is 5.32 Å². The number of aliphatic hydroxyl groups excluding tert-OH is 1. The molecule has 1 aliphatic rings. The Bertz CT molecular complexity index is 371. The molecule has 0 bridgehead atoms. The van der Waals surface area contributed by atoms with Gasteiger partial charge >= 0.3 is 0 Å². The lowest BCUT2D eigenvalue weighted by atomic mass is 10.2. The fourth-order valence-corrected chi connectivity index (χ4v) is 2.46. The summed E-state index contributed by atoms with van der Waals surface area (Å²) in [7, 11) is 1.71. The van der Waals surface area contributed by atoms with E-state index in [1.54, 1.807) is 7.11 Å². The standard InChI is InChI=1S/C14H22N2O2/c1-18-14-6-3-2-5-13(14)16-9-4-8-15-12(11-16)7-10-17/h2-3,5-6,12,15,17H,4,7-11H2,1H3. The molecule has 0 spiro atoms. The number of rotatable bonds is 4. The number of ether oxygens (including phenoxy) is 1. The number of hydrogen-bond donors (Lipinski definition) is 2. The van der Waals surface area contributed by atoms with Crippen LogP contribution in [0.25, 0.3) is 0 Å². The second-order valence-electron chi connectivity index (χ2n) is 4.63. The highest BCUT2D eigenvalue weighted by Crippen LogP contribution is 2.28. The van der Waals surface area contributed by atoms with Crippen molar-refractivity contribution in [2.45, 2.75) is 18.9 Å². The summed E-state index contributed by atoms with van der Waals surface area (Å²) in [6.45, 7) is 3.18. The molecular formula is C14H22N2O2. The first-order valence-electron chi connectivity index (χ1n) is 6.57. The highest BCUT2D eigenvalue weighted by molar-refractivity contribution is 5.58. The van der Waals surface area contributed by atoms with Gasteiger partial charge in [-0.3, -0.25) is 0 Å². The van der Waals surface area contributed by atoms with Crippen LogP contribution in [0.3, 0.4) is 0 Å². The minimum atomic E-state index is 0.234. The van der Waals surface area contributed by atoms with Gasteiger partial charge in [0.2, 0.25) is 0 Å². The molecule has 0 aromatic heterocycles. The van der Waals surface area contributed by atoms with Gasteiger partial charge in [0.25, 0.3) is 0 Å². The zero-order valence-electron chi connectivity index (χ0n) is 10.9. The maximum absolute atomic E-state index is 9.08. The van der Waals surface area contributed by atoms with Crippen LogP contribution in [0.5, 0.6) is 5.75 Å². The fraction of sp³-hybridized carbons (Fsp3) is 0.571. The first-order chi connectivity index (χ1) is 8.85. The molecular weight excluding hydrogens is 228 g/mol. The Labute approximate surface area is 109 Å². The van der Waals surface area contributed by atoms with Crippen molar-refractivity contribution in [1.29, 1.82) is 0 Å². The third-order valence-corrected chi connectivity index (χ3v) is 3.38. The van der Waals surface area contributed by atoms with Gasteiger partial charge in [0.05, 0.1) is 12.8 Å². The number of methoxy groups -OCH3 is 1. The molecule has 2 rings (SSSR count). The minimum Gasteiger partial charge on any atom is -0.495 e. The maximum atomic E-state index is 9.08. The van der Waals surface area contributed by atoms with Crippen molar-refractivity contribution in [3.63, 3.8) is 0 Å². The quantitative estimate of drug-likeness (QED) is 0.844. The van der Waals surface area contributed by atoms with Crippen LogP contribution >= 0.6 is 0 Å². The maximum Gasteiger partial charge on any atom is 0.142 e. The van der Waals surface area contributed by atoms with Gasteiger partial charge in [-0.1, -0.05) is 12.1 Å². The van der Waals surface area contributed by atoms with Crippen molar-refractivity contribution in [2.24, 2.45) is 0 Å². The third kappa shape index (κ3) is 3.15. The van der Waals surface area contributed by atoms with Gasteiger partial charge in [-0.05, 0) is 31.5 Å². The van der Waals surface area contributed by atoms with E-state index in [1.807, 2.05) is 18.2 Å². The Morgan fingerprint density at radius 2 is 2.28 bits per heavy atom. The Morgan fingerprint density at radius 3 is 3.06 bits per heavy atom. The predicted molar refractivity (Wildman–Crippen MR) is 73.3 cm³/mol. The van der Waals surface area contributed by atoms with Gasteiger partial charge < -0.3 is 20.1 Å². The average Bonchev–Trinajstić information content (AvgIpc) is 2.65. The van der Waals surface area contributed by atoms with Crippen molar-refractivity contribution >= 4 is 5.69 Å². The summed E-state index contributed by atoms with van der Waals surface area (Å²) in [6.07, 6.45) is 1.91. The third-order valence-electron chi connectivity index (χ3n) is 3.38. The molecule has 0 aliphatic carbocycles. The lowest BCUT2D eigenvalue weighted by molar-refractivity contribution is 0.267. The van der Waals surface area contributed by atoms with Crippen LogP contribution in [0, 0.1) is 0 Å². The van der Waals surface area contributed by atoms with Gasteiger partial charge in [0, 0.05) is 25.7 Å². The molecule has 1 aliphatic heterocycles. The Kier molecular flexibility index (Phi) is 4.84. The summed E-state index contributed by atoms with van der Waals surface area (Å²) in [5, 5.41) is 12.6. The Balaban J connectivity index is 2.14. The van der Waals surface area contributed by atoms with E-state index in [-0.39, 0.29) is 6.61 Å². The van der Waals surface area contributed by atoms with Gasteiger partial charge in [-0.25, -0.2) is 0 Å². The Morgan fingerprint density at radius 1 is 1.44 bits per heavy atom. The molecule has 1 fully saturated rings. The van der Waals surface area contributed by atoms with E-state index in [1.165, 1.54) is 0 Å². The Hall–Kier alpha value is -1.26. The molecule has 18 heavy (non-hydrogen) atoms. The van der Waals surface area contributed by atoms with Gasteiger partial charge in [0.15, 0.2) is 0 Å². The second kappa shape index (κ2) is 6.61. The number of aliphatic hydroxyl groups is 1. The summed E-state index contributed by atoms with van der Waals surface area (Å²) in [5.41, 5.74) is 1.15. The fourth-order valence-electron chi connectivity index (χ4n) is 2.46. The molecule has 2 N–H and O–H groups in total. The summed E-state index contributed by atoms with van der Waals surface area (Å²) < 4.78 is 5.42. The van der Waals surface area contributed by atoms with Crippen molar-refractivity contribution in [3.8, 4) is 5.75 Å². The van der Waals surface area contributed by atoms with Gasteiger partial charge in [-0.2, -0.15) is 0 Å². The van der Waals surface area contributed by atoms with Crippen LogP contribution in [0.4, 0.5) is 5.69 Å². The molecule has 100 valence electrons. The van der Waals surface area contributed by atoms with Gasteiger partial charge in [0.1, 0.15) is 5.75 Å². The zero-order valence-corrected chi connectivity index (χ0v) is 10.9. The average molecular weight is 250 g/mol. The van der Waals surface area contributed by atoms with Crippen LogP contribution in [-0.2, 0) is 0 Å². The number of para-hydroxylation sites is 2. The summed E-state index contributed by atoms with van der Waals surface area (Å²) >= 11 is 0. The minimum absolute atomic E-state index is 0.234. The number of hydrogen-bond acceptors (Lipinski definition) is 4. The number of benzene rings is 1. The highest BCUT2D eigenvalue weighted by Gasteiger charge is 2.19. The van der Waals surface area contributed by atoms with Crippen LogP contribution in [0.2, 0.25) is 0 Å². The van der Waals surface area contributed by atoms with E-state index in [2.05, 4.69) is 16.3 Å². The zero-order chi connectivity index (χ0) is 12.8. The van der Waals surface area contributed by atoms with E-state index in [9.17, 15) is 0 Å². The van der Waals surface area contributed by atoms with E-state index < -0.39 is 0 Å². The number of nitrogens with one attached hydrogen (secondary N) is 1. The molecule has 1 saturated heterocycles. The van der Waals surface area contributed by atoms with E-state index in [4.69, 9.17) is 9.84 Å². The summed E-state index contributed by atoms with van der Waals surface area (Å²) in [4.78, 5) is 2.35. The van der Waals surface area contributed by atoms with Crippen molar-refractivity contribution in [3.05, 3.63) is 24.3 Å². The molecule has 1 atom stereocenters.